The van der Waals surface area contributed by atoms with E-state index >= 15 is 0 Å². The van der Waals surface area contributed by atoms with Gasteiger partial charge < -0.3 is 23.9 Å². The van der Waals surface area contributed by atoms with Gasteiger partial charge in [0, 0.05) is 36.7 Å². The maximum atomic E-state index is 14.8. The number of fused-ring (bicyclic) bond motifs is 2. The molecule has 3 aromatic carbocycles. The third-order valence-corrected chi connectivity index (χ3v) is 8.00. The average Bonchev–Trinajstić information content (AvgIpc) is 3.47. The minimum absolute atomic E-state index is 0.0823. The summed E-state index contributed by atoms with van der Waals surface area (Å²) >= 11 is 5.94. The van der Waals surface area contributed by atoms with E-state index in [2.05, 4.69) is 9.55 Å². The summed E-state index contributed by atoms with van der Waals surface area (Å²) < 4.78 is 34.8. The largest absolute Gasteiger partial charge is 0.478 e. The number of nitrogens with zero attached hydrogens (tertiary/aromatic N) is 3. The van der Waals surface area contributed by atoms with Crippen LogP contribution in [0.1, 0.15) is 40.7 Å². The summed E-state index contributed by atoms with van der Waals surface area (Å²) in [5.41, 5.74) is 4.57. The summed E-state index contributed by atoms with van der Waals surface area (Å²) in [7, 11) is 0. The van der Waals surface area contributed by atoms with Crippen molar-refractivity contribution in [1.82, 2.24) is 14.5 Å². The highest BCUT2D eigenvalue weighted by molar-refractivity contribution is 6.30. The highest BCUT2D eigenvalue weighted by Gasteiger charge is 2.42. The van der Waals surface area contributed by atoms with Gasteiger partial charge in [0.2, 0.25) is 0 Å². The predicted octanol–water partition coefficient (Wildman–Crippen LogP) is 6.61. The molecule has 2 aromatic heterocycles. The number of carboxylic acids is 1. The van der Waals surface area contributed by atoms with Crippen molar-refractivity contribution in [2.24, 2.45) is 0 Å². The van der Waals surface area contributed by atoms with Gasteiger partial charge >= 0.3 is 5.97 Å². The Balaban J connectivity index is 1.17. The van der Waals surface area contributed by atoms with Gasteiger partial charge in [0.05, 0.1) is 41.0 Å². The summed E-state index contributed by atoms with van der Waals surface area (Å²) in [4.78, 5) is 20.8. The molecule has 8 nitrogen and oxygen atoms in total. The molecule has 7 rings (SSSR count). The van der Waals surface area contributed by atoms with Gasteiger partial charge in [-0.15, -0.1) is 0 Å². The number of pyridine rings is 1. The van der Waals surface area contributed by atoms with Gasteiger partial charge in [-0.3, -0.25) is 4.98 Å². The van der Waals surface area contributed by atoms with Crippen LogP contribution in [0.5, 0.6) is 11.5 Å². The van der Waals surface area contributed by atoms with Gasteiger partial charge in [0.1, 0.15) is 11.6 Å². The normalized spacial score (nSPS) is 19.2. The first-order valence-electron chi connectivity index (χ1n) is 13.5. The number of aromatic nitrogens is 3. The molecule has 1 saturated heterocycles. The number of rotatable bonds is 7. The van der Waals surface area contributed by atoms with E-state index in [4.69, 9.17) is 30.8 Å². The number of hydrogen-bond donors (Lipinski definition) is 1. The van der Waals surface area contributed by atoms with Gasteiger partial charge in [-0.2, -0.15) is 0 Å². The zero-order valence-electron chi connectivity index (χ0n) is 22.5. The summed E-state index contributed by atoms with van der Waals surface area (Å²) in [5.74, 6) is -1.15. The fraction of sp³-hybridized carbons (Fsp3) is 0.219. The maximum absolute atomic E-state index is 14.8. The Kier molecular flexibility index (Phi) is 6.36. The van der Waals surface area contributed by atoms with Crippen LogP contribution in [0.3, 0.4) is 0 Å². The highest BCUT2D eigenvalue weighted by Crippen LogP contribution is 2.49. The van der Waals surface area contributed by atoms with Crippen LogP contribution in [0.4, 0.5) is 4.39 Å². The fourth-order valence-corrected chi connectivity index (χ4v) is 5.63. The SMILES string of the molecule is C[C@@]1(c2ccc(Cl)cc2F)Oc2cncc(-c3ccc(Cc4nc5ccc(C(=O)O)cc5n4C[C@@H]4CCO4)cc3)c2O1. The Morgan fingerprint density at radius 2 is 1.93 bits per heavy atom. The molecule has 1 fully saturated rings. The van der Waals surface area contributed by atoms with Crippen LogP contribution in [-0.4, -0.2) is 38.3 Å². The van der Waals surface area contributed by atoms with Crippen molar-refractivity contribution < 1.29 is 28.5 Å². The Labute approximate surface area is 245 Å². The molecular weight excluding hydrogens is 561 g/mol. The monoisotopic (exact) mass is 585 g/mol. The number of benzene rings is 3. The first kappa shape index (κ1) is 26.4. The van der Waals surface area contributed by atoms with Gasteiger partial charge in [-0.1, -0.05) is 35.9 Å². The molecule has 212 valence electrons. The molecule has 0 aliphatic carbocycles. The second kappa shape index (κ2) is 10.1. The van der Waals surface area contributed by atoms with Crippen molar-refractivity contribution >= 4 is 28.6 Å². The number of carbonyl (C=O) groups is 1. The Bertz CT molecular complexity index is 1850. The molecule has 2 aliphatic heterocycles. The summed E-state index contributed by atoms with van der Waals surface area (Å²) in [6, 6.07) is 17.3. The van der Waals surface area contributed by atoms with Crippen LogP contribution in [0.15, 0.2) is 73.1 Å². The quantitative estimate of drug-likeness (QED) is 0.229. The maximum Gasteiger partial charge on any atom is 0.335 e. The summed E-state index contributed by atoms with van der Waals surface area (Å²) in [6.07, 6.45) is 4.83. The van der Waals surface area contributed by atoms with Crippen LogP contribution < -0.4 is 9.47 Å². The Morgan fingerprint density at radius 3 is 2.64 bits per heavy atom. The van der Waals surface area contributed by atoms with E-state index in [9.17, 15) is 14.3 Å². The topological polar surface area (TPSA) is 95.7 Å². The zero-order valence-corrected chi connectivity index (χ0v) is 23.3. The van der Waals surface area contributed by atoms with Crippen molar-refractivity contribution in [3.63, 3.8) is 0 Å². The number of aromatic carboxylic acids is 1. The summed E-state index contributed by atoms with van der Waals surface area (Å²) in [5, 5.41) is 9.79. The minimum Gasteiger partial charge on any atom is -0.478 e. The lowest BCUT2D eigenvalue weighted by atomic mass is 10.0. The smallest absolute Gasteiger partial charge is 0.335 e. The number of hydrogen-bond acceptors (Lipinski definition) is 6. The number of ether oxygens (including phenoxy) is 3. The van der Waals surface area contributed by atoms with Gasteiger partial charge in [-0.05, 0) is 53.9 Å². The molecule has 1 N–H and O–H groups in total. The summed E-state index contributed by atoms with van der Waals surface area (Å²) in [6.45, 7) is 3.00. The molecule has 0 amide bonds. The molecule has 5 aromatic rings. The number of halogens is 2. The Hall–Kier alpha value is -4.47. The predicted molar refractivity (Wildman–Crippen MR) is 154 cm³/mol. The van der Waals surface area contributed by atoms with E-state index in [-0.39, 0.29) is 22.3 Å². The van der Waals surface area contributed by atoms with Gasteiger partial charge in [0.15, 0.2) is 11.5 Å². The van der Waals surface area contributed by atoms with Gasteiger partial charge in [0.25, 0.3) is 5.79 Å². The van der Waals surface area contributed by atoms with Crippen molar-refractivity contribution in [2.75, 3.05) is 6.61 Å². The van der Waals surface area contributed by atoms with E-state index in [0.717, 1.165) is 41.0 Å². The molecule has 0 radical (unpaired) electrons. The highest BCUT2D eigenvalue weighted by atomic mass is 35.5. The Morgan fingerprint density at radius 1 is 1.12 bits per heavy atom. The lowest BCUT2D eigenvalue weighted by Gasteiger charge is -2.27. The van der Waals surface area contributed by atoms with Crippen LogP contribution in [-0.2, 0) is 23.5 Å². The van der Waals surface area contributed by atoms with Crippen molar-refractivity contribution in [3.8, 4) is 22.6 Å². The molecule has 0 saturated carbocycles. The average molecular weight is 586 g/mol. The van der Waals surface area contributed by atoms with E-state index in [1.54, 1.807) is 49.6 Å². The van der Waals surface area contributed by atoms with Crippen LogP contribution in [0.25, 0.3) is 22.2 Å². The fourth-order valence-electron chi connectivity index (χ4n) is 5.47. The first-order chi connectivity index (χ1) is 20.3. The number of imidazole rings is 1. The molecule has 2 aliphatic rings. The molecule has 4 heterocycles. The van der Waals surface area contributed by atoms with Gasteiger partial charge in [-0.25, -0.2) is 14.2 Å². The molecule has 0 unspecified atom stereocenters. The minimum atomic E-state index is -1.38. The molecule has 0 spiro atoms. The van der Waals surface area contributed by atoms with Crippen LogP contribution in [0.2, 0.25) is 5.02 Å². The lowest BCUT2D eigenvalue weighted by Crippen LogP contribution is -2.32. The van der Waals surface area contributed by atoms with E-state index in [0.29, 0.717) is 30.0 Å². The molecule has 10 heteroatoms. The van der Waals surface area contributed by atoms with Crippen LogP contribution in [0, 0.1) is 5.82 Å². The first-order valence-corrected chi connectivity index (χ1v) is 13.9. The van der Waals surface area contributed by atoms with Crippen molar-refractivity contribution in [1.29, 1.82) is 0 Å². The standard InChI is InChI=1S/C32H25ClFN3O5/c1-32(24-8-7-21(33)14-25(24)34)41-28-16-35-15-23(30(28)42-32)19-4-2-18(3-5-19)12-29-36-26-9-6-20(31(38)39)13-27(26)37(29)17-22-10-11-40-22/h2-9,13-16,22H,10-12,17H2,1H3,(H,38,39)/t22-,32+/m0/s1. The lowest BCUT2D eigenvalue weighted by molar-refractivity contribution is -0.0705. The second-order valence-electron chi connectivity index (χ2n) is 10.6. The van der Waals surface area contributed by atoms with Crippen molar-refractivity contribution in [3.05, 3.63) is 106 Å². The number of carboxylic acid groups (broad SMARTS) is 1. The molecule has 42 heavy (non-hydrogen) atoms. The van der Waals surface area contributed by atoms with E-state index in [1.165, 1.54) is 6.07 Å². The second-order valence-corrected chi connectivity index (χ2v) is 11.0. The zero-order chi connectivity index (χ0) is 29.0. The van der Waals surface area contributed by atoms with E-state index in [1.807, 2.05) is 24.3 Å². The van der Waals surface area contributed by atoms with Crippen LogP contribution >= 0.6 is 11.6 Å². The van der Waals surface area contributed by atoms with E-state index < -0.39 is 17.6 Å². The third kappa shape index (κ3) is 4.64. The molecule has 2 atom stereocenters. The third-order valence-electron chi connectivity index (χ3n) is 7.77. The molecule has 0 bridgehead atoms. The van der Waals surface area contributed by atoms with Crippen molar-refractivity contribution in [2.45, 2.75) is 38.2 Å². The molecular formula is C32H25ClFN3O5.